The van der Waals surface area contributed by atoms with Crippen molar-refractivity contribution in [1.82, 2.24) is 0 Å². The molecule has 0 aromatic rings. The van der Waals surface area contributed by atoms with E-state index in [1.165, 1.54) is 6.92 Å². The Labute approximate surface area is 188 Å². The number of esters is 4. The Hall–Kier alpha value is -2.98. The summed E-state index contributed by atoms with van der Waals surface area (Å²) in [6.45, 7) is 13.8. The summed E-state index contributed by atoms with van der Waals surface area (Å²) in [5.74, 6) is -4.23. The fraction of sp³-hybridized carbons (Fsp3) is 0.714. The van der Waals surface area contributed by atoms with Crippen LogP contribution >= 0.6 is 0 Å². The number of aliphatic carboxylic acids is 1. The van der Waals surface area contributed by atoms with Crippen LogP contribution in [0, 0.1) is 5.41 Å². The summed E-state index contributed by atoms with van der Waals surface area (Å²) in [4.78, 5) is 65.1. The van der Waals surface area contributed by atoms with Crippen LogP contribution in [0.1, 0.15) is 68.7 Å². The molecule has 186 valence electrons. The van der Waals surface area contributed by atoms with Crippen LogP contribution < -0.4 is 0 Å². The number of carboxylic acid groups (broad SMARTS) is 1. The van der Waals surface area contributed by atoms with Gasteiger partial charge >= 0.3 is 23.9 Å². The van der Waals surface area contributed by atoms with E-state index < -0.39 is 41.0 Å². The zero-order valence-electron chi connectivity index (χ0n) is 20.3. The maximum Gasteiger partial charge on any atom is 0.330 e. The van der Waals surface area contributed by atoms with Gasteiger partial charge in [0, 0.05) is 6.92 Å². The molecule has 0 aliphatic carbocycles. The lowest BCUT2D eigenvalue weighted by Crippen LogP contribution is -2.45. The van der Waals surface area contributed by atoms with E-state index in [1.807, 2.05) is 0 Å². The molecular formula is C21H36O11. The fourth-order valence-electron chi connectivity index (χ4n) is 1.65. The van der Waals surface area contributed by atoms with Gasteiger partial charge in [-0.2, -0.15) is 0 Å². The van der Waals surface area contributed by atoms with Crippen LogP contribution in [0.2, 0.25) is 0 Å². The first-order chi connectivity index (χ1) is 14.6. The monoisotopic (exact) mass is 464 g/mol. The summed E-state index contributed by atoms with van der Waals surface area (Å²) in [5, 5.41) is 7.42. The molecule has 0 radical (unpaired) electrons. The molecule has 0 bridgehead atoms. The van der Waals surface area contributed by atoms with E-state index in [4.69, 9.17) is 19.4 Å². The van der Waals surface area contributed by atoms with Gasteiger partial charge in [-0.3, -0.25) is 28.8 Å². The first-order valence-electron chi connectivity index (χ1n) is 9.99. The Morgan fingerprint density at radius 1 is 0.750 bits per heavy atom. The van der Waals surface area contributed by atoms with E-state index in [-0.39, 0.29) is 31.8 Å². The van der Waals surface area contributed by atoms with Gasteiger partial charge in [0.05, 0.1) is 25.4 Å². The largest absolute Gasteiger partial charge is 0.481 e. The average molecular weight is 465 g/mol. The van der Waals surface area contributed by atoms with Crippen molar-refractivity contribution in [2.45, 2.75) is 80.9 Å². The predicted molar refractivity (Wildman–Crippen MR) is 112 cm³/mol. The first kappa shape index (κ1) is 33.7. The average Bonchev–Trinajstić information content (AvgIpc) is 2.59. The van der Waals surface area contributed by atoms with Crippen molar-refractivity contribution in [3.05, 3.63) is 0 Å². The maximum atomic E-state index is 11.5. The molecule has 0 aliphatic rings. The molecule has 11 nitrogen and oxygen atoms in total. The van der Waals surface area contributed by atoms with Crippen LogP contribution in [0.25, 0.3) is 0 Å². The second kappa shape index (κ2) is 17.7. The van der Waals surface area contributed by atoms with Crippen molar-refractivity contribution in [3.63, 3.8) is 0 Å². The topological polar surface area (TPSA) is 160 Å². The number of carbonyl (C=O) groups excluding carboxylic acids is 5. The number of carboxylic acids is 1. The standard InChI is InChI=1S/C10H16O5.C9H16O4.C2H4O2/c1-5-14-8(12)10(4,7(3)11)9(13)15-6-2;1-6(2)12-8(10)5-9(11)13-7(3)4;1-2(3)4/h5-6H2,1-4H3;6-7H,5H2,1-4H3;1H3,(H,3,4). The minimum Gasteiger partial charge on any atom is -0.481 e. The minimum atomic E-state index is -1.84. The van der Waals surface area contributed by atoms with Gasteiger partial charge in [-0.05, 0) is 55.4 Å². The fourth-order valence-corrected chi connectivity index (χ4v) is 1.65. The maximum absolute atomic E-state index is 11.5. The lowest BCUT2D eigenvalue weighted by atomic mass is 9.86. The Bertz CT molecular complexity index is 594. The molecule has 11 heteroatoms. The van der Waals surface area contributed by atoms with Crippen molar-refractivity contribution in [1.29, 1.82) is 0 Å². The van der Waals surface area contributed by atoms with Gasteiger partial charge in [0.15, 0.2) is 5.78 Å². The number of hydrogen-bond acceptors (Lipinski definition) is 10. The smallest absolute Gasteiger partial charge is 0.330 e. The molecule has 1 N–H and O–H groups in total. The van der Waals surface area contributed by atoms with E-state index >= 15 is 0 Å². The van der Waals surface area contributed by atoms with Crippen LogP contribution in [0.15, 0.2) is 0 Å². The Kier molecular flexibility index (Phi) is 18.6. The van der Waals surface area contributed by atoms with Gasteiger partial charge in [0.25, 0.3) is 5.97 Å². The zero-order chi connectivity index (χ0) is 26.1. The number of hydrogen-bond donors (Lipinski definition) is 1. The summed E-state index contributed by atoms with van der Waals surface area (Å²) >= 11 is 0. The Morgan fingerprint density at radius 2 is 1.03 bits per heavy atom. The number of rotatable bonds is 9. The molecule has 0 spiro atoms. The highest BCUT2D eigenvalue weighted by molar-refractivity contribution is 6.19. The lowest BCUT2D eigenvalue weighted by molar-refractivity contribution is -0.173. The van der Waals surface area contributed by atoms with E-state index in [1.54, 1.807) is 41.5 Å². The predicted octanol–water partition coefficient (Wildman–Crippen LogP) is 2.08. The third kappa shape index (κ3) is 16.8. The van der Waals surface area contributed by atoms with Crippen LogP contribution in [0.5, 0.6) is 0 Å². The zero-order valence-corrected chi connectivity index (χ0v) is 20.3. The molecule has 0 saturated carbocycles. The molecule has 0 amide bonds. The molecule has 0 aliphatic heterocycles. The SMILES string of the molecule is CC(=O)O.CC(C)OC(=O)CC(=O)OC(C)C.CCOC(=O)C(C)(C(C)=O)C(=O)OCC. The van der Waals surface area contributed by atoms with E-state index in [0.29, 0.717) is 0 Å². The van der Waals surface area contributed by atoms with E-state index in [9.17, 15) is 24.0 Å². The Balaban J connectivity index is -0.000000453. The molecule has 32 heavy (non-hydrogen) atoms. The van der Waals surface area contributed by atoms with Crippen LogP contribution in [-0.2, 0) is 47.7 Å². The number of ketones is 1. The highest BCUT2D eigenvalue weighted by atomic mass is 16.6. The Morgan fingerprint density at radius 3 is 1.22 bits per heavy atom. The molecule has 0 unspecified atom stereocenters. The molecule has 0 aromatic heterocycles. The first-order valence-corrected chi connectivity index (χ1v) is 9.99. The van der Waals surface area contributed by atoms with Crippen LogP contribution in [-0.4, -0.2) is 66.2 Å². The molecule has 0 aromatic carbocycles. The third-order valence-corrected chi connectivity index (χ3v) is 3.09. The summed E-state index contributed by atoms with van der Waals surface area (Å²) in [5.41, 5.74) is -1.84. The van der Waals surface area contributed by atoms with Crippen LogP contribution in [0.3, 0.4) is 0 Å². The second-order valence-corrected chi connectivity index (χ2v) is 6.90. The summed E-state index contributed by atoms with van der Waals surface area (Å²) in [6.07, 6.45) is -0.699. The highest BCUT2D eigenvalue weighted by Gasteiger charge is 2.48. The molecule has 0 rings (SSSR count). The lowest BCUT2D eigenvalue weighted by Gasteiger charge is -2.21. The molecule has 0 heterocycles. The number of Topliss-reactive ketones (excluding diaryl/α,β-unsaturated/α-hetero) is 1. The molecule has 0 fully saturated rings. The van der Waals surface area contributed by atoms with Gasteiger partial charge in [-0.1, -0.05) is 0 Å². The van der Waals surface area contributed by atoms with Crippen molar-refractivity contribution in [2.75, 3.05) is 13.2 Å². The van der Waals surface area contributed by atoms with Crippen molar-refractivity contribution < 1.29 is 52.8 Å². The van der Waals surface area contributed by atoms with Crippen LogP contribution in [0.4, 0.5) is 0 Å². The van der Waals surface area contributed by atoms with Gasteiger partial charge in [0.1, 0.15) is 6.42 Å². The second-order valence-electron chi connectivity index (χ2n) is 6.90. The highest BCUT2D eigenvalue weighted by Crippen LogP contribution is 2.22. The van der Waals surface area contributed by atoms with Gasteiger partial charge < -0.3 is 24.1 Å². The number of ether oxygens (including phenoxy) is 4. The minimum absolute atomic E-state index is 0.112. The normalized spacial score (nSPS) is 9.97. The third-order valence-electron chi connectivity index (χ3n) is 3.09. The van der Waals surface area contributed by atoms with E-state index in [0.717, 1.165) is 13.8 Å². The van der Waals surface area contributed by atoms with Crippen molar-refractivity contribution in [3.8, 4) is 0 Å². The molecular weight excluding hydrogens is 428 g/mol. The molecule has 0 atom stereocenters. The summed E-state index contributed by atoms with van der Waals surface area (Å²) < 4.78 is 18.9. The van der Waals surface area contributed by atoms with Gasteiger partial charge in [-0.15, -0.1) is 0 Å². The number of carbonyl (C=O) groups is 6. The molecule has 0 saturated heterocycles. The van der Waals surface area contributed by atoms with E-state index in [2.05, 4.69) is 9.47 Å². The quantitative estimate of drug-likeness (QED) is 0.302. The van der Waals surface area contributed by atoms with Gasteiger partial charge in [0.2, 0.25) is 5.41 Å². The summed E-state index contributed by atoms with van der Waals surface area (Å²) in [6, 6.07) is 0. The van der Waals surface area contributed by atoms with Gasteiger partial charge in [-0.25, -0.2) is 0 Å². The van der Waals surface area contributed by atoms with Crippen molar-refractivity contribution >= 4 is 35.6 Å². The van der Waals surface area contributed by atoms with Crippen molar-refractivity contribution in [2.24, 2.45) is 5.41 Å². The summed E-state index contributed by atoms with van der Waals surface area (Å²) in [7, 11) is 0.